The van der Waals surface area contributed by atoms with Crippen molar-refractivity contribution in [3.8, 4) is 0 Å². The van der Waals surface area contributed by atoms with Crippen molar-refractivity contribution < 1.29 is 4.74 Å². The fourth-order valence-electron chi connectivity index (χ4n) is 0.901. The van der Waals surface area contributed by atoms with Crippen LogP contribution < -0.4 is 0 Å². The van der Waals surface area contributed by atoms with Crippen LogP contribution in [0.3, 0.4) is 0 Å². The van der Waals surface area contributed by atoms with Gasteiger partial charge in [-0.2, -0.15) is 0 Å². The van der Waals surface area contributed by atoms with Gasteiger partial charge in [0.15, 0.2) is 0 Å². The Kier molecular flexibility index (Phi) is 1.60. The fraction of sp³-hybridized carbons (Fsp3) is 0.500. The molecule has 0 saturated carbocycles. The summed E-state index contributed by atoms with van der Waals surface area (Å²) in [5.74, 6) is 1.33. The third-order valence-electron chi connectivity index (χ3n) is 1.78. The molecule has 0 amide bonds. The molecule has 0 bridgehead atoms. The Morgan fingerprint density at radius 3 is 2.67 bits per heavy atom. The normalized spacial score (nSPS) is 27.9. The number of hydrogen-bond donors (Lipinski definition) is 0. The first-order chi connectivity index (χ1) is 4.22. The molecular formula is C8H12O. The lowest BCUT2D eigenvalue weighted by Crippen LogP contribution is -2.13. The minimum absolute atomic E-state index is 0.561. The maximum atomic E-state index is 5.17. The van der Waals surface area contributed by atoms with Crippen LogP contribution >= 0.6 is 0 Å². The molecule has 9 heavy (non-hydrogen) atoms. The van der Waals surface area contributed by atoms with E-state index in [1.54, 1.807) is 0 Å². The van der Waals surface area contributed by atoms with E-state index in [1.165, 1.54) is 0 Å². The molecule has 1 nitrogen and oxygen atoms in total. The second-order valence-electron chi connectivity index (χ2n) is 2.49. The topological polar surface area (TPSA) is 9.23 Å². The minimum Gasteiger partial charge on any atom is -0.494 e. The lowest BCUT2D eigenvalue weighted by Gasteiger charge is -2.23. The SMILES string of the molecule is C=C1OCCC(C)C1=C. The van der Waals surface area contributed by atoms with E-state index in [0.29, 0.717) is 5.92 Å². The molecule has 1 fully saturated rings. The fourth-order valence-corrected chi connectivity index (χ4v) is 0.901. The van der Waals surface area contributed by atoms with Gasteiger partial charge in [-0.05, 0) is 17.9 Å². The Labute approximate surface area is 56.0 Å². The van der Waals surface area contributed by atoms with Crippen LogP contribution in [0.4, 0.5) is 0 Å². The van der Waals surface area contributed by atoms with Crippen LogP contribution in [0.2, 0.25) is 0 Å². The van der Waals surface area contributed by atoms with Gasteiger partial charge >= 0.3 is 0 Å². The highest BCUT2D eigenvalue weighted by Gasteiger charge is 2.15. The molecule has 0 spiro atoms. The van der Waals surface area contributed by atoms with E-state index in [-0.39, 0.29) is 0 Å². The quantitative estimate of drug-likeness (QED) is 0.480. The van der Waals surface area contributed by atoms with Crippen LogP contribution in [0.5, 0.6) is 0 Å². The van der Waals surface area contributed by atoms with Gasteiger partial charge in [0, 0.05) is 0 Å². The van der Waals surface area contributed by atoms with Gasteiger partial charge in [0.2, 0.25) is 0 Å². The zero-order valence-electron chi connectivity index (χ0n) is 5.81. The first-order valence-corrected chi connectivity index (χ1v) is 3.22. The van der Waals surface area contributed by atoms with Crippen LogP contribution in [-0.4, -0.2) is 6.61 Å². The molecule has 1 aliphatic heterocycles. The molecule has 0 aromatic carbocycles. The number of rotatable bonds is 0. The van der Waals surface area contributed by atoms with Crippen LogP contribution in [-0.2, 0) is 4.74 Å². The average molecular weight is 124 g/mol. The Hall–Kier alpha value is -0.720. The molecule has 1 heterocycles. The molecule has 0 N–H and O–H groups in total. The van der Waals surface area contributed by atoms with Crippen molar-refractivity contribution in [1.82, 2.24) is 0 Å². The van der Waals surface area contributed by atoms with Crippen LogP contribution in [0.15, 0.2) is 24.5 Å². The van der Waals surface area contributed by atoms with Gasteiger partial charge in [0.25, 0.3) is 0 Å². The standard InChI is InChI=1S/C8H12O/c1-6-4-5-9-8(3)7(6)2/h6H,2-5H2,1H3. The third-order valence-corrected chi connectivity index (χ3v) is 1.78. The Morgan fingerprint density at radius 1 is 1.56 bits per heavy atom. The molecule has 1 atom stereocenters. The molecule has 0 aromatic rings. The van der Waals surface area contributed by atoms with Crippen LogP contribution in [0, 0.1) is 5.92 Å². The van der Waals surface area contributed by atoms with Crippen molar-refractivity contribution in [1.29, 1.82) is 0 Å². The summed E-state index contributed by atoms with van der Waals surface area (Å²) < 4.78 is 5.17. The summed E-state index contributed by atoms with van der Waals surface area (Å²) in [6, 6.07) is 0. The summed E-state index contributed by atoms with van der Waals surface area (Å²) in [6.45, 7) is 10.5. The van der Waals surface area contributed by atoms with Crippen molar-refractivity contribution in [2.24, 2.45) is 5.92 Å². The van der Waals surface area contributed by atoms with Gasteiger partial charge in [-0.25, -0.2) is 0 Å². The molecule has 1 aliphatic rings. The van der Waals surface area contributed by atoms with E-state index in [2.05, 4.69) is 20.1 Å². The average Bonchev–Trinajstić information content (AvgIpc) is 1.83. The van der Waals surface area contributed by atoms with E-state index in [0.717, 1.165) is 24.4 Å². The number of hydrogen-bond acceptors (Lipinski definition) is 1. The summed E-state index contributed by atoms with van der Waals surface area (Å²) in [5, 5.41) is 0. The summed E-state index contributed by atoms with van der Waals surface area (Å²) in [6.07, 6.45) is 1.08. The van der Waals surface area contributed by atoms with E-state index in [1.807, 2.05) is 0 Å². The zero-order chi connectivity index (χ0) is 6.85. The summed E-state index contributed by atoms with van der Waals surface area (Å²) in [5.41, 5.74) is 1.06. The number of ether oxygens (including phenoxy) is 1. The molecule has 1 saturated heterocycles. The summed E-state index contributed by atoms with van der Waals surface area (Å²) in [7, 11) is 0. The molecule has 0 aliphatic carbocycles. The molecular weight excluding hydrogens is 112 g/mol. The lowest BCUT2D eigenvalue weighted by atomic mass is 9.96. The van der Waals surface area contributed by atoms with Crippen molar-refractivity contribution in [2.75, 3.05) is 6.61 Å². The van der Waals surface area contributed by atoms with Crippen molar-refractivity contribution in [3.63, 3.8) is 0 Å². The van der Waals surface area contributed by atoms with Crippen LogP contribution in [0.25, 0.3) is 0 Å². The highest BCUT2D eigenvalue weighted by molar-refractivity contribution is 5.23. The highest BCUT2D eigenvalue weighted by Crippen LogP contribution is 2.25. The van der Waals surface area contributed by atoms with Crippen molar-refractivity contribution in [3.05, 3.63) is 24.5 Å². The molecule has 0 radical (unpaired) electrons. The predicted molar refractivity (Wildman–Crippen MR) is 38.0 cm³/mol. The first-order valence-electron chi connectivity index (χ1n) is 3.22. The summed E-state index contributed by atoms with van der Waals surface area (Å²) in [4.78, 5) is 0. The van der Waals surface area contributed by atoms with Gasteiger partial charge in [-0.1, -0.05) is 20.1 Å². The van der Waals surface area contributed by atoms with E-state index >= 15 is 0 Å². The predicted octanol–water partition coefficient (Wildman–Crippen LogP) is 2.11. The lowest BCUT2D eigenvalue weighted by molar-refractivity contribution is 0.175. The van der Waals surface area contributed by atoms with Gasteiger partial charge in [0.1, 0.15) is 5.76 Å². The molecule has 50 valence electrons. The van der Waals surface area contributed by atoms with E-state index < -0.39 is 0 Å². The van der Waals surface area contributed by atoms with Crippen LogP contribution in [0.1, 0.15) is 13.3 Å². The molecule has 1 unspecified atom stereocenters. The Balaban J connectivity index is 2.62. The Bertz CT molecular complexity index is 147. The maximum absolute atomic E-state index is 5.17. The smallest absolute Gasteiger partial charge is 0.114 e. The number of allylic oxidation sites excluding steroid dienone is 1. The van der Waals surface area contributed by atoms with Gasteiger partial charge < -0.3 is 4.74 Å². The van der Waals surface area contributed by atoms with E-state index in [9.17, 15) is 0 Å². The zero-order valence-corrected chi connectivity index (χ0v) is 5.81. The first kappa shape index (κ1) is 6.40. The second kappa shape index (κ2) is 2.26. The van der Waals surface area contributed by atoms with Crippen molar-refractivity contribution >= 4 is 0 Å². The Morgan fingerprint density at radius 2 is 2.22 bits per heavy atom. The van der Waals surface area contributed by atoms with E-state index in [4.69, 9.17) is 4.74 Å². The summed E-state index contributed by atoms with van der Waals surface area (Å²) >= 11 is 0. The monoisotopic (exact) mass is 124 g/mol. The second-order valence-corrected chi connectivity index (χ2v) is 2.49. The van der Waals surface area contributed by atoms with Crippen molar-refractivity contribution in [2.45, 2.75) is 13.3 Å². The van der Waals surface area contributed by atoms with Gasteiger partial charge in [0.05, 0.1) is 6.61 Å². The largest absolute Gasteiger partial charge is 0.494 e. The molecule has 1 rings (SSSR count). The molecule has 1 heteroatoms. The molecule has 0 aromatic heterocycles. The van der Waals surface area contributed by atoms with Gasteiger partial charge in [-0.15, -0.1) is 0 Å². The third kappa shape index (κ3) is 1.15. The highest BCUT2D eigenvalue weighted by atomic mass is 16.5. The maximum Gasteiger partial charge on any atom is 0.114 e. The van der Waals surface area contributed by atoms with Gasteiger partial charge in [-0.3, -0.25) is 0 Å². The minimum atomic E-state index is 0.561.